The normalized spacial score (nSPS) is 12.3. The molecule has 2 heterocycles. The van der Waals surface area contributed by atoms with E-state index in [9.17, 15) is 9.18 Å². The highest BCUT2D eigenvalue weighted by atomic mass is 35.5. The molecule has 0 saturated carbocycles. The molecule has 1 amide bonds. The standard InChI is InChI=1S/C25H25ClFN5O/c1-3-14-31(2)22(17-8-10-18(27)11-9-17)15-30-24(33)19-16-32(25-28-12-5-13-29-25)21-7-4-6-20(26)23(19)21/h4-13,16,22H,3,14-15H2,1-2H3,(H,30,33). The predicted octanol–water partition coefficient (Wildman–Crippen LogP) is 5.03. The molecule has 1 unspecified atom stereocenters. The third kappa shape index (κ3) is 4.89. The van der Waals surface area contributed by atoms with Crippen molar-refractivity contribution in [3.05, 3.63) is 89.1 Å². The highest BCUT2D eigenvalue weighted by molar-refractivity contribution is 6.37. The van der Waals surface area contributed by atoms with Gasteiger partial charge in [0, 0.05) is 30.5 Å². The van der Waals surface area contributed by atoms with Crippen molar-refractivity contribution in [2.24, 2.45) is 0 Å². The average molecular weight is 466 g/mol. The van der Waals surface area contributed by atoms with E-state index in [1.807, 2.05) is 19.2 Å². The van der Waals surface area contributed by atoms with Gasteiger partial charge in [0.2, 0.25) is 5.95 Å². The molecule has 0 fully saturated rings. The smallest absolute Gasteiger partial charge is 0.253 e. The predicted molar refractivity (Wildman–Crippen MR) is 128 cm³/mol. The van der Waals surface area contributed by atoms with Crippen molar-refractivity contribution < 1.29 is 9.18 Å². The van der Waals surface area contributed by atoms with Crippen LogP contribution in [0.15, 0.2) is 67.1 Å². The van der Waals surface area contributed by atoms with Crippen LogP contribution in [0.25, 0.3) is 16.9 Å². The van der Waals surface area contributed by atoms with Crippen molar-refractivity contribution in [3.8, 4) is 5.95 Å². The third-order valence-electron chi connectivity index (χ3n) is 5.61. The lowest BCUT2D eigenvalue weighted by atomic mass is 10.0. The number of carbonyl (C=O) groups excluding carboxylic acids is 1. The molecule has 8 heteroatoms. The van der Waals surface area contributed by atoms with Gasteiger partial charge in [0.25, 0.3) is 5.91 Å². The number of benzene rings is 2. The molecule has 170 valence electrons. The molecule has 1 atom stereocenters. The van der Waals surface area contributed by atoms with Gasteiger partial charge in [0.15, 0.2) is 0 Å². The second kappa shape index (κ2) is 10.1. The second-order valence-electron chi connectivity index (χ2n) is 7.85. The topological polar surface area (TPSA) is 63.1 Å². The number of carbonyl (C=O) groups is 1. The zero-order valence-electron chi connectivity index (χ0n) is 18.5. The van der Waals surface area contributed by atoms with Crippen molar-refractivity contribution in [3.63, 3.8) is 0 Å². The number of amides is 1. The molecule has 0 saturated heterocycles. The van der Waals surface area contributed by atoms with Crippen molar-refractivity contribution >= 4 is 28.4 Å². The summed E-state index contributed by atoms with van der Waals surface area (Å²) in [5.41, 5.74) is 2.13. The van der Waals surface area contributed by atoms with E-state index in [1.54, 1.807) is 47.4 Å². The van der Waals surface area contributed by atoms with E-state index in [0.29, 0.717) is 28.5 Å². The Hall–Kier alpha value is -3.29. The molecular formula is C25H25ClFN5O. The van der Waals surface area contributed by atoms with Crippen LogP contribution in [-0.2, 0) is 0 Å². The molecule has 0 aliphatic rings. The Morgan fingerprint density at radius 2 is 1.88 bits per heavy atom. The fourth-order valence-electron chi connectivity index (χ4n) is 4.00. The minimum atomic E-state index is -0.287. The first-order chi connectivity index (χ1) is 16.0. The Labute approximate surface area is 197 Å². The van der Waals surface area contributed by atoms with Gasteiger partial charge in [-0.2, -0.15) is 0 Å². The molecule has 2 aromatic carbocycles. The highest BCUT2D eigenvalue weighted by Crippen LogP contribution is 2.30. The lowest BCUT2D eigenvalue weighted by molar-refractivity contribution is 0.0940. The van der Waals surface area contributed by atoms with Crippen LogP contribution in [0.2, 0.25) is 5.02 Å². The summed E-state index contributed by atoms with van der Waals surface area (Å²) < 4.78 is 15.2. The Bertz CT molecular complexity index is 1240. The lowest BCUT2D eigenvalue weighted by Crippen LogP contribution is -2.36. The van der Waals surface area contributed by atoms with Crippen molar-refractivity contribution in [2.45, 2.75) is 19.4 Å². The number of hydrogen-bond acceptors (Lipinski definition) is 4. The summed E-state index contributed by atoms with van der Waals surface area (Å²) >= 11 is 6.49. The number of nitrogens with zero attached hydrogens (tertiary/aromatic N) is 4. The highest BCUT2D eigenvalue weighted by Gasteiger charge is 2.22. The van der Waals surface area contributed by atoms with Crippen LogP contribution >= 0.6 is 11.6 Å². The molecule has 33 heavy (non-hydrogen) atoms. The van der Waals surface area contributed by atoms with Gasteiger partial charge in [-0.25, -0.2) is 14.4 Å². The maximum atomic E-state index is 13.5. The number of aromatic nitrogens is 3. The van der Waals surface area contributed by atoms with Gasteiger partial charge in [-0.1, -0.05) is 36.7 Å². The van der Waals surface area contributed by atoms with Gasteiger partial charge in [-0.3, -0.25) is 14.3 Å². The summed E-state index contributed by atoms with van der Waals surface area (Å²) in [5, 5.41) is 4.17. The molecular weight excluding hydrogens is 441 g/mol. The molecule has 0 radical (unpaired) electrons. The number of hydrogen-bond donors (Lipinski definition) is 1. The summed E-state index contributed by atoms with van der Waals surface area (Å²) in [5.74, 6) is -0.0826. The minimum absolute atomic E-state index is 0.101. The zero-order chi connectivity index (χ0) is 23.4. The summed E-state index contributed by atoms with van der Waals surface area (Å²) in [6.45, 7) is 3.30. The van der Waals surface area contributed by atoms with E-state index in [0.717, 1.165) is 24.0 Å². The zero-order valence-corrected chi connectivity index (χ0v) is 19.3. The van der Waals surface area contributed by atoms with Crippen LogP contribution in [0.3, 0.4) is 0 Å². The van der Waals surface area contributed by atoms with Crippen molar-refractivity contribution in [1.29, 1.82) is 0 Å². The maximum absolute atomic E-state index is 13.5. The van der Waals surface area contributed by atoms with Crippen LogP contribution < -0.4 is 5.32 Å². The number of rotatable bonds is 8. The van der Waals surface area contributed by atoms with Crippen LogP contribution in [0.1, 0.15) is 35.3 Å². The van der Waals surface area contributed by atoms with Crippen LogP contribution in [-0.4, -0.2) is 45.5 Å². The van der Waals surface area contributed by atoms with E-state index >= 15 is 0 Å². The third-order valence-corrected chi connectivity index (χ3v) is 5.93. The molecule has 2 aromatic heterocycles. The lowest BCUT2D eigenvalue weighted by Gasteiger charge is -2.28. The van der Waals surface area contributed by atoms with Crippen molar-refractivity contribution in [2.75, 3.05) is 20.1 Å². The maximum Gasteiger partial charge on any atom is 0.253 e. The Balaban J connectivity index is 1.65. The molecule has 0 aliphatic heterocycles. The molecule has 4 rings (SSSR count). The first-order valence-electron chi connectivity index (χ1n) is 10.8. The molecule has 1 N–H and O–H groups in total. The number of nitrogens with one attached hydrogen (secondary N) is 1. The second-order valence-corrected chi connectivity index (χ2v) is 8.26. The van der Waals surface area contributed by atoms with Gasteiger partial charge in [-0.05, 0) is 55.9 Å². The van der Waals surface area contributed by atoms with E-state index in [4.69, 9.17) is 11.6 Å². The SMILES string of the molecule is CCCN(C)C(CNC(=O)c1cn(-c2ncccn2)c2cccc(Cl)c12)c1ccc(F)cc1. The molecule has 0 spiro atoms. The van der Waals surface area contributed by atoms with Gasteiger partial charge >= 0.3 is 0 Å². The average Bonchev–Trinajstić information content (AvgIpc) is 3.22. The Kier molecular flexibility index (Phi) is 7.01. The van der Waals surface area contributed by atoms with Gasteiger partial charge < -0.3 is 5.32 Å². The summed E-state index contributed by atoms with van der Waals surface area (Å²) in [6, 6.07) is 13.5. The molecule has 4 aromatic rings. The van der Waals surface area contributed by atoms with Crippen molar-refractivity contribution in [1.82, 2.24) is 24.8 Å². The first-order valence-corrected chi connectivity index (χ1v) is 11.2. The summed E-state index contributed by atoms with van der Waals surface area (Å²) in [6.07, 6.45) is 5.97. The first kappa shape index (κ1) is 22.9. The van der Waals surface area contributed by atoms with Crippen LogP contribution in [0.4, 0.5) is 4.39 Å². The fraction of sp³-hybridized carbons (Fsp3) is 0.240. The van der Waals surface area contributed by atoms with E-state index < -0.39 is 0 Å². The van der Waals surface area contributed by atoms with Gasteiger partial charge in [-0.15, -0.1) is 0 Å². The Morgan fingerprint density at radius 3 is 2.58 bits per heavy atom. The largest absolute Gasteiger partial charge is 0.350 e. The summed E-state index contributed by atoms with van der Waals surface area (Å²) in [4.78, 5) is 24.1. The number of halogens is 2. The van der Waals surface area contributed by atoms with Crippen LogP contribution in [0, 0.1) is 5.82 Å². The monoisotopic (exact) mass is 465 g/mol. The van der Waals surface area contributed by atoms with Gasteiger partial charge in [0.1, 0.15) is 5.82 Å². The van der Waals surface area contributed by atoms with Crippen LogP contribution in [0.5, 0.6) is 0 Å². The molecule has 0 aliphatic carbocycles. The van der Waals surface area contributed by atoms with E-state index in [1.165, 1.54) is 12.1 Å². The Morgan fingerprint density at radius 1 is 1.15 bits per heavy atom. The quantitative estimate of drug-likeness (QED) is 0.396. The number of likely N-dealkylation sites (N-methyl/N-ethyl adjacent to an activating group) is 1. The van der Waals surface area contributed by atoms with E-state index in [2.05, 4.69) is 27.1 Å². The minimum Gasteiger partial charge on any atom is -0.350 e. The summed E-state index contributed by atoms with van der Waals surface area (Å²) in [7, 11) is 2.00. The molecule has 6 nitrogen and oxygen atoms in total. The number of fused-ring (bicyclic) bond motifs is 1. The van der Waals surface area contributed by atoms with E-state index in [-0.39, 0.29) is 17.8 Å². The fourth-order valence-corrected chi connectivity index (χ4v) is 4.27. The molecule has 0 bridgehead atoms. The van der Waals surface area contributed by atoms with Gasteiger partial charge in [0.05, 0.1) is 22.1 Å².